The van der Waals surface area contributed by atoms with Crippen LogP contribution in [0.3, 0.4) is 0 Å². The Bertz CT molecular complexity index is 758. The summed E-state index contributed by atoms with van der Waals surface area (Å²) in [5, 5.41) is 19.6. The molecule has 0 aromatic heterocycles. The Balaban J connectivity index is 2.93. The number of halogens is 12. The van der Waals surface area contributed by atoms with Crippen molar-refractivity contribution in [2.75, 3.05) is 6.61 Å². The summed E-state index contributed by atoms with van der Waals surface area (Å²) >= 11 is 0. The first-order valence-electron chi connectivity index (χ1n) is 13.0. The summed E-state index contributed by atoms with van der Waals surface area (Å²) in [6.07, 6.45) is -24.9. The molecule has 1 aliphatic rings. The lowest BCUT2D eigenvalue weighted by Crippen LogP contribution is -2.66. The third-order valence-electron chi connectivity index (χ3n) is 7.63. The van der Waals surface area contributed by atoms with Crippen LogP contribution in [0.1, 0.15) is 77.0 Å². The van der Waals surface area contributed by atoms with Crippen molar-refractivity contribution in [1.82, 2.24) is 0 Å². The van der Waals surface area contributed by atoms with Crippen molar-refractivity contribution in [3.05, 3.63) is 12.7 Å². The summed E-state index contributed by atoms with van der Waals surface area (Å²) in [6.45, 7) is 3.46. The van der Waals surface area contributed by atoms with Crippen molar-refractivity contribution >= 4 is 5.97 Å². The van der Waals surface area contributed by atoms with Crippen LogP contribution in [0.2, 0.25) is 0 Å². The van der Waals surface area contributed by atoms with Crippen LogP contribution in [0, 0.1) is 17.8 Å². The lowest BCUT2D eigenvalue weighted by Gasteiger charge is -2.49. The lowest BCUT2D eigenvalue weighted by atomic mass is 9.62. The van der Waals surface area contributed by atoms with E-state index < -0.39 is 78.9 Å². The molecule has 2 N–H and O–H groups in total. The van der Waals surface area contributed by atoms with Gasteiger partial charge in [-0.1, -0.05) is 57.9 Å². The summed E-state index contributed by atoms with van der Waals surface area (Å²) in [6, 6.07) is 0. The van der Waals surface area contributed by atoms with Gasteiger partial charge in [0.2, 0.25) is 0 Å². The molecular formula is C25H34F12O4. The van der Waals surface area contributed by atoms with E-state index >= 15 is 0 Å². The van der Waals surface area contributed by atoms with Crippen LogP contribution in [0.25, 0.3) is 0 Å². The molecule has 1 aliphatic carbocycles. The fourth-order valence-corrected chi connectivity index (χ4v) is 5.43. The molecular weight excluding hydrogens is 592 g/mol. The van der Waals surface area contributed by atoms with E-state index in [1.807, 2.05) is 0 Å². The second-order valence-electron chi connectivity index (χ2n) is 10.5. The molecule has 0 spiro atoms. The van der Waals surface area contributed by atoms with E-state index in [1.54, 1.807) is 0 Å². The second kappa shape index (κ2) is 14.2. The SMILES string of the molecule is C=CC(=O)OCCCCCCCCCCC1CC(C(O)(C(F)(F)F)C(F)(F)F)CC(C(O)(C(F)(F)F)C(F)(F)F)C1. The number of rotatable bonds is 14. The fraction of sp³-hybridized carbons (Fsp3) is 0.880. The van der Waals surface area contributed by atoms with Crippen molar-refractivity contribution in [2.45, 2.75) is 113 Å². The average molecular weight is 627 g/mol. The van der Waals surface area contributed by atoms with E-state index in [0.717, 1.165) is 25.3 Å². The molecule has 1 rings (SSSR count). The van der Waals surface area contributed by atoms with Gasteiger partial charge in [-0.2, -0.15) is 52.7 Å². The Kier molecular flexibility index (Phi) is 12.9. The number of carbonyl (C=O) groups excluding carboxylic acids is 1. The topological polar surface area (TPSA) is 66.8 Å². The summed E-state index contributed by atoms with van der Waals surface area (Å²) in [5.74, 6) is -8.24. The van der Waals surface area contributed by atoms with Gasteiger partial charge < -0.3 is 14.9 Å². The van der Waals surface area contributed by atoms with Gasteiger partial charge in [0.15, 0.2) is 0 Å². The normalized spacial score (nSPS) is 21.6. The van der Waals surface area contributed by atoms with E-state index in [1.165, 1.54) is 0 Å². The van der Waals surface area contributed by atoms with Crippen LogP contribution in [-0.4, -0.2) is 58.7 Å². The number of hydrogen-bond donors (Lipinski definition) is 2. The third-order valence-corrected chi connectivity index (χ3v) is 7.63. The van der Waals surface area contributed by atoms with Gasteiger partial charge in [-0.3, -0.25) is 0 Å². The zero-order valence-electron chi connectivity index (χ0n) is 22.0. The van der Waals surface area contributed by atoms with Crippen molar-refractivity contribution in [2.24, 2.45) is 17.8 Å². The van der Waals surface area contributed by atoms with Crippen molar-refractivity contribution in [3.8, 4) is 0 Å². The number of carbonyl (C=O) groups is 1. The Morgan fingerprint density at radius 3 is 1.32 bits per heavy atom. The highest BCUT2D eigenvalue weighted by Gasteiger charge is 2.78. The first kappa shape index (κ1) is 37.3. The minimum absolute atomic E-state index is 0.0918. The molecule has 1 fully saturated rings. The standard InChI is InChI=1S/C25H34F12O4/c1-2-19(38)41-12-10-8-6-4-3-5-7-9-11-16-13-17(20(39,22(26,27)28)23(29,30)31)15-18(14-16)21(40,24(32,33)34)25(35,36)37/h2,16-18,39-40H,1,3-15H2. The van der Waals surface area contributed by atoms with Crippen LogP contribution >= 0.6 is 0 Å². The molecule has 242 valence electrons. The van der Waals surface area contributed by atoms with Gasteiger partial charge in [-0.15, -0.1) is 0 Å². The molecule has 0 bridgehead atoms. The van der Waals surface area contributed by atoms with Crippen LogP contribution in [0.15, 0.2) is 12.7 Å². The number of aliphatic hydroxyl groups is 2. The number of ether oxygens (including phenoxy) is 1. The minimum Gasteiger partial charge on any atom is -0.463 e. The van der Waals surface area contributed by atoms with E-state index in [4.69, 9.17) is 4.74 Å². The maximum Gasteiger partial charge on any atom is 0.426 e. The van der Waals surface area contributed by atoms with Crippen LogP contribution in [-0.2, 0) is 9.53 Å². The van der Waals surface area contributed by atoms with Crippen molar-refractivity contribution in [3.63, 3.8) is 0 Å². The highest BCUT2D eigenvalue weighted by molar-refractivity contribution is 5.81. The van der Waals surface area contributed by atoms with Gasteiger partial charge in [0.25, 0.3) is 11.2 Å². The van der Waals surface area contributed by atoms with Crippen molar-refractivity contribution in [1.29, 1.82) is 0 Å². The molecule has 0 aromatic carbocycles. The Hall–Kier alpha value is -1.71. The molecule has 0 saturated heterocycles. The highest BCUT2D eigenvalue weighted by atomic mass is 19.4. The first-order chi connectivity index (χ1) is 18.5. The monoisotopic (exact) mass is 626 g/mol. The van der Waals surface area contributed by atoms with E-state index in [0.29, 0.717) is 25.7 Å². The van der Waals surface area contributed by atoms with E-state index in [-0.39, 0.29) is 19.4 Å². The maximum absolute atomic E-state index is 13.5. The van der Waals surface area contributed by atoms with Crippen LogP contribution in [0.4, 0.5) is 52.7 Å². The zero-order valence-corrected chi connectivity index (χ0v) is 22.0. The second-order valence-corrected chi connectivity index (χ2v) is 10.5. The molecule has 0 heterocycles. The highest BCUT2D eigenvalue weighted by Crippen LogP contribution is 2.58. The predicted molar refractivity (Wildman–Crippen MR) is 121 cm³/mol. The smallest absolute Gasteiger partial charge is 0.426 e. The quantitative estimate of drug-likeness (QED) is 0.0889. The van der Waals surface area contributed by atoms with Crippen molar-refractivity contribution < 1.29 is 72.4 Å². The largest absolute Gasteiger partial charge is 0.463 e. The third kappa shape index (κ3) is 9.14. The van der Waals surface area contributed by atoms with Crippen LogP contribution < -0.4 is 0 Å². The number of esters is 1. The minimum atomic E-state index is -6.45. The van der Waals surface area contributed by atoms with Gasteiger partial charge in [-0.05, 0) is 31.6 Å². The molecule has 0 amide bonds. The molecule has 0 aromatic rings. The average Bonchev–Trinajstić information content (AvgIpc) is 2.82. The van der Waals surface area contributed by atoms with E-state index in [2.05, 4.69) is 6.58 Å². The summed E-state index contributed by atoms with van der Waals surface area (Å²) < 4.78 is 167. The zero-order chi connectivity index (χ0) is 31.9. The fourth-order valence-electron chi connectivity index (χ4n) is 5.43. The predicted octanol–water partition coefficient (Wildman–Crippen LogP) is 7.97. The molecule has 0 aliphatic heterocycles. The van der Waals surface area contributed by atoms with Gasteiger partial charge in [0.1, 0.15) is 0 Å². The molecule has 2 atom stereocenters. The Morgan fingerprint density at radius 1 is 0.634 bits per heavy atom. The Labute approximate surface area is 229 Å². The van der Waals surface area contributed by atoms with Crippen LogP contribution in [0.5, 0.6) is 0 Å². The maximum atomic E-state index is 13.5. The molecule has 2 unspecified atom stereocenters. The van der Waals surface area contributed by atoms with Gasteiger partial charge >= 0.3 is 30.7 Å². The molecule has 1 saturated carbocycles. The Morgan fingerprint density at radius 2 is 0.976 bits per heavy atom. The number of alkyl halides is 12. The lowest BCUT2D eigenvalue weighted by molar-refractivity contribution is -0.405. The number of unbranched alkanes of at least 4 members (excludes halogenated alkanes) is 7. The summed E-state index contributed by atoms with van der Waals surface area (Å²) in [5.41, 5.74) is -11.1. The van der Waals surface area contributed by atoms with E-state index in [9.17, 15) is 67.7 Å². The summed E-state index contributed by atoms with van der Waals surface area (Å²) in [4.78, 5) is 10.9. The summed E-state index contributed by atoms with van der Waals surface area (Å²) in [7, 11) is 0. The molecule has 0 radical (unpaired) electrons. The molecule has 4 nitrogen and oxygen atoms in total. The molecule has 41 heavy (non-hydrogen) atoms. The van der Waals surface area contributed by atoms with Gasteiger partial charge in [0.05, 0.1) is 6.61 Å². The number of hydrogen-bond acceptors (Lipinski definition) is 4. The first-order valence-corrected chi connectivity index (χ1v) is 13.0. The van der Waals surface area contributed by atoms with Gasteiger partial charge in [-0.25, -0.2) is 4.79 Å². The molecule has 16 heteroatoms. The van der Waals surface area contributed by atoms with Gasteiger partial charge in [0, 0.05) is 17.9 Å².